The average molecular weight is 394 g/mol. The molecule has 0 saturated carbocycles. The molecule has 1 aliphatic rings. The summed E-state index contributed by atoms with van der Waals surface area (Å²) >= 11 is 0. The first-order valence-electron chi connectivity index (χ1n) is 9.15. The number of hydrogen-bond donors (Lipinski definition) is 1. The maximum atomic E-state index is 12.7. The molecule has 1 heterocycles. The average Bonchev–Trinajstić information content (AvgIpc) is 2.95. The van der Waals surface area contributed by atoms with Crippen molar-refractivity contribution in [1.82, 2.24) is 9.62 Å². The Morgan fingerprint density at radius 3 is 2.33 bits per heavy atom. The lowest BCUT2D eigenvalue weighted by molar-refractivity contribution is -0.143. The van der Waals surface area contributed by atoms with Crippen molar-refractivity contribution in [2.45, 2.75) is 37.5 Å². The highest BCUT2D eigenvalue weighted by Gasteiger charge is 2.24. The van der Waals surface area contributed by atoms with Crippen LogP contribution in [0.3, 0.4) is 0 Å². The van der Waals surface area contributed by atoms with Gasteiger partial charge in [-0.1, -0.05) is 25.0 Å². The van der Waals surface area contributed by atoms with Crippen LogP contribution in [0.4, 0.5) is 0 Å². The molecule has 1 aliphatic heterocycles. The summed E-state index contributed by atoms with van der Waals surface area (Å²) in [7, 11) is -3.48. The maximum absolute atomic E-state index is 12.7. The minimum absolute atomic E-state index is 0.250. The highest BCUT2D eigenvalue weighted by Crippen LogP contribution is 2.20. The van der Waals surface area contributed by atoms with E-state index >= 15 is 0 Å². The fraction of sp³-hybridized carbons (Fsp3) is 0.474. The highest BCUT2D eigenvalue weighted by molar-refractivity contribution is 7.89. The van der Waals surface area contributed by atoms with E-state index < -0.39 is 16.0 Å². The van der Waals surface area contributed by atoms with Crippen molar-refractivity contribution in [3.8, 4) is 0 Å². The summed E-state index contributed by atoms with van der Waals surface area (Å²) in [5.41, 5.74) is 0.666. The van der Waals surface area contributed by atoms with Gasteiger partial charge in [0, 0.05) is 25.7 Å². The van der Waals surface area contributed by atoms with E-state index in [1.165, 1.54) is 12.2 Å². The first kappa shape index (κ1) is 21.1. The van der Waals surface area contributed by atoms with Crippen molar-refractivity contribution < 1.29 is 22.7 Å². The van der Waals surface area contributed by atoms with E-state index in [1.807, 2.05) is 0 Å². The second-order valence-electron chi connectivity index (χ2n) is 6.28. The van der Waals surface area contributed by atoms with Crippen LogP contribution in [-0.4, -0.2) is 50.8 Å². The van der Waals surface area contributed by atoms with Gasteiger partial charge in [0.15, 0.2) is 6.61 Å². The zero-order chi connectivity index (χ0) is 19.7. The molecule has 0 spiro atoms. The molecule has 1 aromatic rings. The van der Waals surface area contributed by atoms with Crippen LogP contribution in [0.25, 0.3) is 6.08 Å². The Hall–Kier alpha value is -2.19. The molecule has 1 aromatic carbocycles. The first-order valence-corrected chi connectivity index (χ1v) is 10.6. The molecule has 0 bridgehead atoms. The molecule has 8 heteroatoms. The monoisotopic (exact) mass is 394 g/mol. The van der Waals surface area contributed by atoms with E-state index in [0.717, 1.165) is 25.7 Å². The van der Waals surface area contributed by atoms with E-state index in [4.69, 9.17) is 4.74 Å². The summed E-state index contributed by atoms with van der Waals surface area (Å²) in [5, 5.41) is 2.52. The van der Waals surface area contributed by atoms with Crippen molar-refractivity contribution in [3.63, 3.8) is 0 Å². The van der Waals surface area contributed by atoms with Crippen LogP contribution in [0.15, 0.2) is 35.2 Å². The number of ether oxygens (including phenoxy) is 1. The molecule has 0 radical (unpaired) electrons. The molecule has 0 unspecified atom stereocenters. The largest absolute Gasteiger partial charge is 0.452 e. The minimum Gasteiger partial charge on any atom is -0.452 e. The molecule has 0 atom stereocenters. The molecule has 7 nitrogen and oxygen atoms in total. The first-order chi connectivity index (χ1) is 12.9. The number of benzene rings is 1. The SMILES string of the molecule is CCNC(=O)COC(=O)C=Cc1ccc(S(=O)(=O)N2CCCCCC2)cc1. The summed E-state index contributed by atoms with van der Waals surface area (Å²) < 4.78 is 31.8. The predicted octanol–water partition coefficient (Wildman–Crippen LogP) is 1.94. The number of esters is 1. The number of carbonyl (C=O) groups is 2. The number of rotatable bonds is 7. The quantitative estimate of drug-likeness (QED) is 0.564. The Bertz CT molecular complexity index is 764. The van der Waals surface area contributed by atoms with Gasteiger partial charge in [0.1, 0.15) is 0 Å². The molecule has 0 aromatic heterocycles. The third-order valence-corrected chi connectivity index (χ3v) is 6.13. The number of likely N-dealkylation sites (N-methyl/N-ethyl adjacent to an activating group) is 1. The van der Waals surface area contributed by atoms with Gasteiger partial charge < -0.3 is 10.1 Å². The van der Waals surface area contributed by atoms with E-state index in [0.29, 0.717) is 25.2 Å². The number of carbonyl (C=O) groups excluding carboxylic acids is 2. The molecule has 27 heavy (non-hydrogen) atoms. The zero-order valence-electron chi connectivity index (χ0n) is 15.5. The lowest BCUT2D eigenvalue weighted by Crippen LogP contribution is -2.31. The van der Waals surface area contributed by atoms with Gasteiger partial charge in [-0.05, 0) is 43.5 Å². The smallest absolute Gasteiger partial charge is 0.331 e. The molecule has 2 rings (SSSR count). The Kier molecular flexibility index (Phi) is 7.99. The van der Waals surface area contributed by atoms with Crippen LogP contribution < -0.4 is 5.32 Å². The number of nitrogens with one attached hydrogen (secondary N) is 1. The zero-order valence-corrected chi connectivity index (χ0v) is 16.3. The van der Waals surface area contributed by atoms with Crippen LogP contribution in [0, 0.1) is 0 Å². The third-order valence-electron chi connectivity index (χ3n) is 4.21. The van der Waals surface area contributed by atoms with Crippen molar-refractivity contribution in [3.05, 3.63) is 35.9 Å². The summed E-state index contributed by atoms with van der Waals surface area (Å²) in [5.74, 6) is -0.996. The van der Waals surface area contributed by atoms with Crippen LogP contribution >= 0.6 is 0 Å². The fourth-order valence-corrected chi connectivity index (χ4v) is 4.30. The summed E-state index contributed by atoms with van der Waals surface area (Å²) in [6.07, 6.45) is 6.62. The Labute approximate surface area is 160 Å². The van der Waals surface area contributed by atoms with Gasteiger partial charge in [-0.3, -0.25) is 4.79 Å². The van der Waals surface area contributed by atoms with Gasteiger partial charge >= 0.3 is 5.97 Å². The second-order valence-corrected chi connectivity index (χ2v) is 8.22. The number of sulfonamides is 1. The Morgan fingerprint density at radius 2 is 1.74 bits per heavy atom. The van der Waals surface area contributed by atoms with Gasteiger partial charge in [-0.15, -0.1) is 0 Å². The maximum Gasteiger partial charge on any atom is 0.331 e. The van der Waals surface area contributed by atoms with Gasteiger partial charge in [0.25, 0.3) is 5.91 Å². The molecule has 1 amide bonds. The molecular weight excluding hydrogens is 368 g/mol. The van der Waals surface area contributed by atoms with Crippen molar-refractivity contribution in [1.29, 1.82) is 0 Å². The van der Waals surface area contributed by atoms with Crippen molar-refractivity contribution >= 4 is 28.0 Å². The van der Waals surface area contributed by atoms with Gasteiger partial charge in [-0.2, -0.15) is 4.31 Å². The number of amides is 1. The third kappa shape index (κ3) is 6.48. The molecule has 0 aliphatic carbocycles. The van der Waals surface area contributed by atoms with E-state index in [-0.39, 0.29) is 17.4 Å². The highest BCUT2D eigenvalue weighted by atomic mass is 32.2. The van der Waals surface area contributed by atoms with Crippen molar-refractivity contribution in [2.24, 2.45) is 0 Å². The van der Waals surface area contributed by atoms with Gasteiger partial charge in [0.05, 0.1) is 4.90 Å². The van der Waals surface area contributed by atoms with Crippen LogP contribution in [0.1, 0.15) is 38.2 Å². The molecular formula is C19H26N2O5S. The predicted molar refractivity (Wildman–Crippen MR) is 102 cm³/mol. The fourth-order valence-electron chi connectivity index (χ4n) is 2.78. The summed E-state index contributed by atoms with van der Waals surface area (Å²) in [4.78, 5) is 23.1. The van der Waals surface area contributed by atoms with Crippen LogP contribution in [-0.2, 0) is 24.3 Å². The van der Waals surface area contributed by atoms with Gasteiger partial charge in [-0.25, -0.2) is 13.2 Å². The second kappa shape index (κ2) is 10.2. The van der Waals surface area contributed by atoms with Crippen molar-refractivity contribution in [2.75, 3.05) is 26.2 Å². The van der Waals surface area contributed by atoms with Crippen LogP contribution in [0.2, 0.25) is 0 Å². The Morgan fingerprint density at radius 1 is 1.11 bits per heavy atom. The molecule has 1 saturated heterocycles. The summed E-state index contributed by atoms with van der Waals surface area (Å²) in [6, 6.07) is 6.36. The van der Waals surface area contributed by atoms with E-state index in [2.05, 4.69) is 5.32 Å². The minimum atomic E-state index is -3.48. The van der Waals surface area contributed by atoms with Crippen LogP contribution in [0.5, 0.6) is 0 Å². The topological polar surface area (TPSA) is 92.8 Å². The Balaban J connectivity index is 1.96. The lowest BCUT2D eigenvalue weighted by atomic mass is 10.2. The molecule has 1 N–H and O–H groups in total. The normalized spacial score (nSPS) is 16.0. The summed E-state index contributed by atoms with van der Waals surface area (Å²) in [6.45, 7) is 3.03. The molecule has 148 valence electrons. The number of hydrogen-bond acceptors (Lipinski definition) is 5. The standard InChI is InChI=1S/C19H26N2O5S/c1-2-20-18(22)15-26-19(23)12-9-16-7-10-17(11-8-16)27(24,25)21-13-5-3-4-6-14-21/h7-12H,2-6,13-15H2,1H3,(H,20,22). The molecule has 1 fully saturated rings. The van der Waals surface area contributed by atoms with Gasteiger partial charge in [0.2, 0.25) is 10.0 Å². The lowest BCUT2D eigenvalue weighted by Gasteiger charge is -2.19. The van der Waals surface area contributed by atoms with E-state index in [9.17, 15) is 18.0 Å². The number of nitrogens with zero attached hydrogens (tertiary/aromatic N) is 1. The van der Waals surface area contributed by atoms with E-state index in [1.54, 1.807) is 35.5 Å².